The van der Waals surface area contributed by atoms with Crippen molar-refractivity contribution in [2.45, 2.75) is 0 Å². The summed E-state index contributed by atoms with van der Waals surface area (Å²) in [5, 5.41) is 17.4. The summed E-state index contributed by atoms with van der Waals surface area (Å²) in [7, 11) is 0. The Morgan fingerprint density at radius 1 is 0.929 bits per heavy atom. The van der Waals surface area contributed by atoms with E-state index in [1.807, 2.05) is 30.4 Å². The summed E-state index contributed by atoms with van der Waals surface area (Å²) in [6, 6.07) is 17.0. The Kier molecular flexibility index (Phi) is 4.51. The van der Waals surface area contributed by atoms with Crippen LogP contribution in [0.4, 0.5) is 0 Å². The molecule has 0 atom stereocenters. The highest BCUT2D eigenvalue weighted by Crippen LogP contribution is 2.22. The van der Waals surface area contributed by atoms with Crippen molar-refractivity contribution in [1.82, 2.24) is 15.2 Å². The third kappa shape index (κ3) is 3.31. The van der Waals surface area contributed by atoms with Crippen molar-refractivity contribution in [2.75, 3.05) is 0 Å². The number of carbonyl (C=O) groups excluding carboxylic acids is 1. The Morgan fingerprint density at radius 3 is 2.46 bits per heavy atom. The number of H-pyrrole nitrogens is 1. The van der Waals surface area contributed by atoms with Gasteiger partial charge in [-0.25, -0.2) is 4.79 Å². The fourth-order valence-corrected chi connectivity index (χ4v) is 2.97. The van der Waals surface area contributed by atoms with E-state index in [1.165, 1.54) is 12.1 Å². The van der Waals surface area contributed by atoms with Crippen molar-refractivity contribution < 1.29 is 14.7 Å². The molecule has 4 rings (SSSR count). The number of benzene rings is 2. The number of hydrogen-bond donors (Lipinski definition) is 2. The van der Waals surface area contributed by atoms with E-state index in [0.29, 0.717) is 11.1 Å². The highest BCUT2D eigenvalue weighted by atomic mass is 16.4. The number of rotatable bonds is 5. The van der Waals surface area contributed by atoms with Crippen molar-refractivity contribution in [3.05, 3.63) is 94.9 Å². The van der Waals surface area contributed by atoms with Gasteiger partial charge in [-0.05, 0) is 42.5 Å². The second kappa shape index (κ2) is 7.28. The van der Waals surface area contributed by atoms with Gasteiger partial charge in [-0.1, -0.05) is 30.3 Å². The number of hydrogen-bond acceptors (Lipinski definition) is 4. The van der Waals surface area contributed by atoms with Gasteiger partial charge in [0.15, 0.2) is 5.78 Å². The number of pyridine rings is 1. The predicted octanol–water partition coefficient (Wildman–Crippen LogP) is 4.06. The lowest BCUT2D eigenvalue weighted by Crippen LogP contribution is -2.09. The van der Waals surface area contributed by atoms with E-state index in [9.17, 15) is 14.7 Å². The first-order chi connectivity index (χ1) is 13.6. The predicted molar refractivity (Wildman–Crippen MR) is 106 cm³/mol. The first-order valence-electron chi connectivity index (χ1n) is 8.58. The molecule has 0 amide bonds. The van der Waals surface area contributed by atoms with Gasteiger partial charge in [-0.2, -0.15) is 5.10 Å². The standard InChI is InChI=1S/C22H15N3O3/c26-21(16-6-1-2-7-17(16)22(27)28)14-8-10-18-19(24-25-20(18)13-14)11-9-15-5-3-4-12-23-15/h1-13H,(H,24,25)(H,27,28)/b11-9+. The minimum Gasteiger partial charge on any atom is -0.478 e. The lowest BCUT2D eigenvalue weighted by Gasteiger charge is -2.05. The maximum absolute atomic E-state index is 12.8. The minimum atomic E-state index is -1.13. The number of carboxylic acids is 1. The molecule has 0 bridgehead atoms. The van der Waals surface area contributed by atoms with E-state index < -0.39 is 5.97 Å². The van der Waals surface area contributed by atoms with Crippen molar-refractivity contribution in [2.24, 2.45) is 0 Å². The molecule has 2 aromatic carbocycles. The quantitative estimate of drug-likeness (QED) is 0.517. The normalized spacial score (nSPS) is 11.1. The Balaban J connectivity index is 1.67. The molecule has 0 unspecified atom stereocenters. The average molecular weight is 369 g/mol. The van der Waals surface area contributed by atoms with Gasteiger partial charge >= 0.3 is 5.97 Å². The van der Waals surface area contributed by atoms with E-state index >= 15 is 0 Å². The van der Waals surface area contributed by atoms with Crippen molar-refractivity contribution in [3.63, 3.8) is 0 Å². The third-order valence-corrected chi connectivity index (χ3v) is 4.36. The summed E-state index contributed by atoms with van der Waals surface area (Å²) >= 11 is 0. The van der Waals surface area contributed by atoms with Gasteiger partial charge in [0, 0.05) is 22.7 Å². The molecule has 0 saturated heterocycles. The zero-order chi connectivity index (χ0) is 19.5. The van der Waals surface area contributed by atoms with Gasteiger partial charge in [-0.15, -0.1) is 0 Å². The number of aromatic nitrogens is 3. The van der Waals surface area contributed by atoms with Crippen molar-refractivity contribution in [3.8, 4) is 0 Å². The first kappa shape index (κ1) is 17.4. The Bertz CT molecular complexity index is 1210. The second-order valence-corrected chi connectivity index (χ2v) is 6.14. The summed E-state index contributed by atoms with van der Waals surface area (Å²) in [6.07, 6.45) is 5.43. The summed E-state index contributed by atoms with van der Waals surface area (Å²) in [5.74, 6) is -1.48. The van der Waals surface area contributed by atoms with Gasteiger partial charge in [0.2, 0.25) is 0 Å². The summed E-state index contributed by atoms with van der Waals surface area (Å²) in [4.78, 5) is 28.4. The molecule has 2 heterocycles. The molecule has 4 aromatic rings. The van der Waals surface area contributed by atoms with Crippen LogP contribution in [0.15, 0.2) is 66.9 Å². The number of nitrogens with one attached hydrogen (secondary N) is 1. The van der Waals surface area contributed by atoms with Gasteiger partial charge in [0.1, 0.15) is 0 Å². The fraction of sp³-hybridized carbons (Fsp3) is 0. The third-order valence-electron chi connectivity index (χ3n) is 4.36. The number of ketones is 1. The number of carbonyl (C=O) groups is 2. The summed E-state index contributed by atoms with van der Waals surface area (Å²) < 4.78 is 0. The monoisotopic (exact) mass is 369 g/mol. The number of aromatic amines is 1. The number of nitrogens with zero attached hydrogens (tertiary/aromatic N) is 2. The Morgan fingerprint density at radius 2 is 1.71 bits per heavy atom. The zero-order valence-corrected chi connectivity index (χ0v) is 14.7. The van der Waals surface area contributed by atoms with Gasteiger partial charge in [-0.3, -0.25) is 14.9 Å². The van der Waals surface area contributed by atoms with E-state index in [4.69, 9.17) is 0 Å². The van der Waals surface area contributed by atoms with Crippen LogP contribution in [0.25, 0.3) is 23.1 Å². The molecule has 136 valence electrons. The lowest BCUT2D eigenvalue weighted by atomic mass is 9.97. The van der Waals surface area contributed by atoms with Gasteiger partial charge in [0.25, 0.3) is 0 Å². The highest BCUT2D eigenvalue weighted by molar-refractivity contribution is 6.15. The number of fused-ring (bicyclic) bond motifs is 1. The molecular formula is C22H15N3O3. The number of carboxylic acid groups (broad SMARTS) is 1. The van der Waals surface area contributed by atoms with Crippen LogP contribution in [0.3, 0.4) is 0 Å². The number of aromatic carboxylic acids is 1. The van der Waals surface area contributed by atoms with Gasteiger partial charge in [0.05, 0.1) is 22.5 Å². The molecule has 0 aliphatic heterocycles. The van der Waals surface area contributed by atoms with E-state index in [-0.39, 0.29) is 16.9 Å². The van der Waals surface area contributed by atoms with E-state index in [1.54, 1.807) is 36.5 Å². The SMILES string of the molecule is O=C(O)c1ccccc1C(=O)c1ccc2c(/C=C/c3ccccn3)n[nH]c2c1. The van der Waals surface area contributed by atoms with E-state index in [0.717, 1.165) is 16.8 Å². The highest BCUT2D eigenvalue weighted by Gasteiger charge is 2.18. The maximum Gasteiger partial charge on any atom is 0.336 e. The smallest absolute Gasteiger partial charge is 0.336 e. The molecule has 0 saturated carbocycles. The summed E-state index contributed by atoms with van der Waals surface area (Å²) in [5.41, 5.74) is 2.77. The Labute approximate surface area is 160 Å². The molecular weight excluding hydrogens is 354 g/mol. The average Bonchev–Trinajstić information content (AvgIpc) is 3.14. The Hall–Kier alpha value is -4.06. The molecule has 2 aromatic heterocycles. The topological polar surface area (TPSA) is 95.9 Å². The maximum atomic E-state index is 12.8. The zero-order valence-electron chi connectivity index (χ0n) is 14.7. The van der Waals surface area contributed by atoms with Crippen LogP contribution in [0.1, 0.15) is 37.7 Å². The molecule has 0 aliphatic rings. The molecule has 2 N–H and O–H groups in total. The van der Waals surface area contributed by atoms with Crippen LogP contribution < -0.4 is 0 Å². The molecule has 6 nitrogen and oxygen atoms in total. The molecule has 0 fully saturated rings. The largest absolute Gasteiger partial charge is 0.478 e. The van der Waals surface area contributed by atoms with Crippen LogP contribution in [0.2, 0.25) is 0 Å². The van der Waals surface area contributed by atoms with E-state index in [2.05, 4.69) is 15.2 Å². The van der Waals surface area contributed by atoms with Gasteiger partial charge < -0.3 is 5.11 Å². The molecule has 6 heteroatoms. The lowest BCUT2D eigenvalue weighted by molar-refractivity contribution is 0.0693. The van der Waals surface area contributed by atoms with Crippen LogP contribution >= 0.6 is 0 Å². The molecule has 28 heavy (non-hydrogen) atoms. The fourth-order valence-electron chi connectivity index (χ4n) is 2.97. The van der Waals surface area contributed by atoms with Crippen LogP contribution in [-0.2, 0) is 0 Å². The van der Waals surface area contributed by atoms with Crippen LogP contribution in [-0.4, -0.2) is 32.0 Å². The summed E-state index contributed by atoms with van der Waals surface area (Å²) in [6.45, 7) is 0. The first-order valence-corrected chi connectivity index (χ1v) is 8.58. The molecule has 0 radical (unpaired) electrons. The molecule has 0 spiro atoms. The van der Waals surface area contributed by atoms with Crippen molar-refractivity contribution in [1.29, 1.82) is 0 Å². The van der Waals surface area contributed by atoms with Crippen LogP contribution in [0.5, 0.6) is 0 Å². The second-order valence-electron chi connectivity index (χ2n) is 6.14. The van der Waals surface area contributed by atoms with Crippen LogP contribution in [0, 0.1) is 0 Å². The van der Waals surface area contributed by atoms with Crippen molar-refractivity contribution >= 4 is 34.8 Å². The molecule has 0 aliphatic carbocycles. The minimum absolute atomic E-state index is 0.0174.